The van der Waals surface area contributed by atoms with Gasteiger partial charge in [0.25, 0.3) is 0 Å². The Morgan fingerprint density at radius 2 is 1.63 bits per heavy atom. The monoisotopic (exact) mass is 255 g/mol. The van der Waals surface area contributed by atoms with Crippen LogP contribution in [0.5, 0.6) is 0 Å². The van der Waals surface area contributed by atoms with Gasteiger partial charge in [0.15, 0.2) is 0 Å². The first kappa shape index (κ1) is 13.1. The van der Waals surface area contributed by atoms with Gasteiger partial charge in [-0.15, -0.1) is 0 Å². The lowest BCUT2D eigenvalue weighted by molar-refractivity contribution is -0.114. The fraction of sp³-hybridized carbons (Fsp3) is 0.133. The van der Waals surface area contributed by atoms with Gasteiger partial charge in [-0.05, 0) is 29.8 Å². The molecule has 0 heterocycles. The molecular weight excluding hydrogens is 238 g/mol. The Balaban J connectivity index is 1.81. The van der Waals surface area contributed by atoms with Crippen molar-refractivity contribution in [1.82, 2.24) is 5.43 Å². The fourth-order valence-corrected chi connectivity index (χ4v) is 1.68. The number of benzene rings is 2. The van der Waals surface area contributed by atoms with Crippen molar-refractivity contribution in [3.8, 4) is 0 Å². The molecule has 98 valence electrons. The van der Waals surface area contributed by atoms with Crippen LogP contribution in [-0.2, 0) is 11.3 Å². The van der Waals surface area contributed by atoms with Crippen LogP contribution in [0.15, 0.2) is 54.6 Å². The number of hydrogen-bond donors (Lipinski definition) is 3. The lowest BCUT2D eigenvalue weighted by Gasteiger charge is -2.09. The van der Waals surface area contributed by atoms with E-state index in [1.165, 1.54) is 6.92 Å². The minimum Gasteiger partial charge on any atom is -0.326 e. The average molecular weight is 255 g/mol. The summed E-state index contributed by atoms with van der Waals surface area (Å²) in [4.78, 5) is 10.9. The third-order valence-corrected chi connectivity index (χ3v) is 2.57. The van der Waals surface area contributed by atoms with Crippen molar-refractivity contribution in [2.24, 2.45) is 0 Å². The van der Waals surface area contributed by atoms with Crippen LogP contribution in [0, 0.1) is 0 Å². The van der Waals surface area contributed by atoms with Crippen LogP contribution in [0.4, 0.5) is 11.4 Å². The first-order valence-electron chi connectivity index (χ1n) is 6.14. The Morgan fingerprint density at radius 1 is 0.947 bits per heavy atom. The van der Waals surface area contributed by atoms with Crippen molar-refractivity contribution in [2.45, 2.75) is 13.5 Å². The average Bonchev–Trinajstić information content (AvgIpc) is 2.41. The van der Waals surface area contributed by atoms with E-state index >= 15 is 0 Å². The summed E-state index contributed by atoms with van der Waals surface area (Å²) >= 11 is 0. The molecule has 0 aliphatic rings. The highest BCUT2D eigenvalue weighted by atomic mass is 16.1. The summed E-state index contributed by atoms with van der Waals surface area (Å²) in [6.45, 7) is 2.20. The molecule has 0 saturated carbocycles. The first-order valence-corrected chi connectivity index (χ1v) is 6.14. The molecule has 0 saturated heterocycles. The molecule has 0 unspecified atom stereocenters. The normalized spacial score (nSPS) is 9.95. The topological polar surface area (TPSA) is 53.2 Å². The van der Waals surface area contributed by atoms with Crippen LogP contribution in [0.25, 0.3) is 0 Å². The highest BCUT2D eigenvalue weighted by molar-refractivity contribution is 5.88. The molecule has 19 heavy (non-hydrogen) atoms. The number of amides is 1. The lowest BCUT2D eigenvalue weighted by Crippen LogP contribution is -2.20. The largest absolute Gasteiger partial charge is 0.326 e. The summed E-state index contributed by atoms with van der Waals surface area (Å²) in [6.07, 6.45) is 0. The van der Waals surface area contributed by atoms with E-state index in [2.05, 4.69) is 16.2 Å². The van der Waals surface area contributed by atoms with Crippen molar-refractivity contribution in [2.75, 3.05) is 10.7 Å². The first-order chi connectivity index (χ1) is 9.24. The third-order valence-electron chi connectivity index (χ3n) is 2.57. The Morgan fingerprint density at radius 3 is 2.26 bits per heavy atom. The van der Waals surface area contributed by atoms with Gasteiger partial charge >= 0.3 is 0 Å². The van der Waals surface area contributed by atoms with E-state index in [9.17, 15) is 4.79 Å². The quantitative estimate of drug-likeness (QED) is 0.720. The fourth-order valence-electron chi connectivity index (χ4n) is 1.68. The summed E-state index contributed by atoms with van der Waals surface area (Å²) in [5.74, 6) is -0.0587. The maximum Gasteiger partial charge on any atom is 0.221 e. The zero-order valence-electron chi connectivity index (χ0n) is 10.8. The summed E-state index contributed by atoms with van der Waals surface area (Å²) in [6, 6.07) is 17.7. The molecule has 0 spiro atoms. The van der Waals surface area contributed by atoms with Gasteiger partial charge in [0, 0.05) is 24.8 Å². The molecule has 4 nitrogen and oxygen atoms in total. The maximum atomic E-state index is 10.9. The highest BCUT2D eigenvalue weighted by Gasteiger charge is 1.96. The zero-order valence-corrected chi connectivity index (χ0v) is 10.8. The van der Waals surface area contributed by atoms with Crippen LogP contribution in [0.2, 0.25) is 0 Å². The maximum absolute atomic E-state index is 10.9. The third kappa shape index (κ3) is 4.44. The SMILES string of the molecule is CC(=O)Nc1ccc(CNNc2ccccc2)cc1. The molecule has 0 aliphatic carbocycles. The van der Waals surface area contributed by atoms with E-state index < -0.39 is 0 Å². The molecule has 0 atom stereocenters. The van der Waals surface area contributed by atoms with Gasteiger partial charge in [-0.25, -0.2) is 5.43 Å². The number of hydrogen-bond acceptors (Lipinski definition) is 3. The van der Waals surface area contributed by atoms with Crippen molar-refractivity contribution in [3.63, 3.8) is 0 Å². The molecule has 1 amide bonds. The molecule has 0 fully saturated rings. The van der Waals surface area contributed by atoms with E-state index in [4.69, 9.17) is 0 Å². The minimum atomic E-state index is -0.0587. The number of carbonyl (C=O) groups excluding carboxylic acids is 1. The Labute approximate surface area is 112 Å². The van der Waals surface area contributed by atoms with E-state index in [1.807, 2.05) is 54.6 Å². The molecule has 2 rings (SSSR count). The number of para-hydroxylation sites is 1. The van der Waals surface area contributed by atoms with E-state index in [0.717, 1.165) is 16.9 Å². The molecular formula is C15H17N3O. The van der Waals surface area contributed by atoms with Crippen LogP contribution in [0.1, 0.15) is 12.5 Å². The van der Waals surface area contributed by atoms with E-state index in [1.54, 1.807) is 0 Å². The molecule has 0 aromatic heterocycles. The van der Waals surface area contributed by atoms with Crippen molar-refractivity contribution in [1.29, 1.82) is 0 Å². The van der Waals surface area contributed by atoms with Gasteiger partial charge in [-0.2, -0.15) is 0 Å². The summed E-state index contributed by atoms with van der Waals surface area (Å²) in [5.41, 5.74) is 9.24. The summed E-state index contributed by atoms with van der Waals surface area (Å²) in [5, 5.41) is 2.74. The standard InChI is InChI=1S/C15H17N3O/c1-12(19)17-14-9-7-13(8-10-14)11-16-18-15-5-3-2-4-6-15/h2-10,16,18H,11H2,1H3,(H,17,19). The van der Waals surface area contributed by atoms with Crippen LogP contribution in [0.3, 0.4) is 0 Å². The predicted molar refractivity (Wildman–Crippen MR) is 77.7 cm³/mol. The summed E-state index contributed by atoms with van der Waals surface area (Å²) in [7, 11) is 0. The van der Waals surface area contributed by atoms with Crippen molar-refractivity contribution < 1.29 is 4.79 Å². The number of hydrazine groups is 1. The number of anilines is 2. The van der Waals surface area contributed by atoms with Crippen molar-refractivity contribution in [3.05, 3.63) is 60.2 Å². The number of rotatable bonds is 5. The molecule has 4 heteroatoms. The van der Waals surface area contributed by atoms with E-state index in [0.29, 0.717) is 6.54 Å². The predicted octanol–water partition coefficient (Wildman–Crippen LogP) is 2.76. The Kier molecular flexibility index (Phi) is 4.53. The number of carbonyl (C=O) groups is 1. The molecule has 0 aliphatic heterocycles. The van der Waals surface area contributed by atoms with Gasteiger partial charge in [-0.3, -0.25) is 4.79 Å². The molecule has 2 aromatic carbocycles. The summed E-state index contributed by atoms with van der Waals surface area (Å²) < 4.78 is 0. The number of nitrogens with one attached hydrogen (secondary N) is 3. The Hall–Kier alpha value is -2.33. The van der Waals surface area contributed by atoms with Crippen molar-refractivity contribution >= 4 is 17.3 Å². The second-order valence-corrected chi connectivity index (χ2v) is 4.22. The lowest BCUT2D eigenvalue weighted by atomic mass is 10.2. The Bertz CT molecular complexity index is 523. The molecule has 2 aromatic rings. The van der Waals surface area contributed by atoms with Gasteiger partial charge in [0.1, 0.15) is 0 Å². The highest BCUT2D eigenvalue weighted by Crippen LogP contribution is 2.09. The van der Waals surface area contributed by atoms with E-state index in [-0.39, 0.29) is 5.91 Å². The van der Waals surface area contributed by atoms with Gasteiger partial charge in [0.05, 0.1) is 0 Å². The second-order valence-electron chi connectivity index (χ2n) is 4.22. The smallest absolute Gasteiger partial charge is 0.221 e. The zero-order chi connectivity index (χ0) is 13.5. The molecule has 0 radical (unpaired) electrons. The van der Waals surface area contributed by atoms with Crippen LogP contribution >= 0.6 is 0 Å². The minimum absolute atomic E-state index is 0.0587. The van der Waals surface area contributed by atoms with Crippen LogP contribution < -0.4 is 16.2 Å². The molecule has 3 N–H and O–H groups in total. The molecule has 0 bridgehead atoms. The van der Waals surface area contributed by atoms with Gasteiger partial charge in [-0.1, -0.05) is 30.3 Å². The van der Waals surface area contributed by atoms with Crippen LogP contribution in [-0.4, -0.2) is 5.91 Å². The second kappa shape index (κ2) is 6.56. The van der Waals surface area contributed by atoms with Gasteiger partial charge in [0.2, 0.25) is 5.91 Å². The van der Waals surface area contributed by atoms with Gasteiger partial charge < -0.3 is 10.7 Å².